The van der Waals surface area contributed by atoms with Gasteiger partial charge in [-0.15, -0.1) is 0 Å². The molecule has 2 N–H and O–H groups in total. The van der Waals surface area contributed by atoms with Crippen molar-refractivity contribution in [3.63, 3.8) is 0 Å². The quantitative estimate of drug-likeness (QED) is 0.807. The normalized spacial score (nSPS) is 18.7. The fourth-order valence-electron chi connectivity index (χ4n) is 4.01. The zero-order valence-electron chi connectivity index (χ0n) is 15.5. The van der Waals surface area contributed by atoms with E-state index in [1.54, 1.807) is 6.26 Å². The molecular weight excluding hydrogens is 340 g/mol. The number of benzene rings is 1. The summed E-state index contributed by atoms with van der Waals surface area (Å²) >= 11 is 0. The molecule has 5 nitrogen and oxygen atoms in total. The Balaban J connectivity index is 1.50. The molecule has 1 aromatic heterocycles. The van der Waals surface area contributed by atoms with E-state index < -0.39 is 5.41 Å². The van der Waals surface area contributed by atoms with Crippen molar-refractivity contribution >= 4 is 17.5 Å². The van der Waals surface area contributed by atoms with Crippen LogP contribution < -0.4 is 10.6 Å². The molecule has 0 radical (unpaired) electrons. The maximum Gasteiger partial charge on any atom is 0.231 e. The summed E-state index contributed by atoms with van der Waals surface area (Å²) in [5.41, 5.74) is 1.34. The lowest BCUT2D eigenvalue weighted by Crippen LogP contribution is -2.45. The van der Waals surface area contributed by atoms with Crippen molar-refractivity contribution in [2.24, 2.45) is 5.92 Å². The minimum Gasteiger partial charge on any atom is -0.467 e. The fraction of sp³-hybridized carbons (Fsp3) is 0.455. The van der Waals surface area contributed by atoms with E-state index in [-0.39, 0.29) is 17.7 Å². The van der Waals surface area contributed by atoms with Crippen LogP contribution in [0.1, 0.15) is 56.3 Å². The third-order valence-corrected chi connectivity index (χ3v) is 5.80. The van der Waals surface area contributed by atoms with Gasteiger partial charge in [-0.1, -0.05) is 31.4 Å². The Bertz CT molecular complexity index is 785. The molecule has 2 aromatic rings. The summed E-state index contributed by atoms with van der Waals surface area (Å²) in [6.45, 7) is 0.406. The first-order valence-corrected chi connectivity index (χ1v) is 9.89. The molecule has 1 aromatic carbocycles. The molecule has 2 fully saturated rings. The van der Waals surface area contributed by atoms with Gasteiger partial charge in [-0.2, -0.15) is 0 Å². The first-order valence-electron chi connectivity index (χ1n) is 9.89. The molecular formula is C22H26N2O3. The number of nitrogens with one attached hydrogen (secondary N) is 2. The lowest BCUT2D eigenvalue weighted by molar-refractivity contribution is -0.128. The zero-order valence-corrected chi connectivity index (χ0v) is 15.5. The van der Waals surface area contributed by atoms with E-state index in [2.05, 4.69) is 10.6 Å². The second-order valence-corrected chi connectivity index (χ2v) is 7.75. The Hall–Kier alpha value is -2.56. The van der Waals surface area contributed by atoms with Crippen LogP contribution in [0.15, 0.2) is 47.1 Å². The van der Waals surface area contributed by atoms with Crippen LogP contribution >= 0.6 is 0 Å². The highest BCUT2D eigenvalue weighted by molar-refractivity contribution is 5.94. The topological polar surface area (TPSA) is 71.3 Å². The van der Waals surface area contributed by atoms with E-state index in [0.717, 1.165) is 55.5 Å². The summed E-state index contributed by atoms with van der Waals surface area (Å²) < 4.78 is 5.33. The molecule has 142 valence electrons. The maximum absolute atomic E-state index is 13.2. The number of hydrogen-bond donors (Lipinski definition) is 2. The van der Waals surface area contributed by atoms with Crippen LogP contribution in [0.2, 0.25) is 0 Å². The lowest BCUT2D eigenvalue weighted by Gasteiger charge is -2.36. The second kappa shape index (κ2) is 7.59. The minimum absolute atomic E-state index is 0.0633. The molecule has 0 saturated heterocycles. The van der Waals surface area contributed by atoms with E-state index in [0.29, 0.717) is 6.54 Å². The van der Waals surface area contributed by atoms with Crippen LogP contribution in [0.3, 0.4) is 0 Å². The minimum atomic E-state index is -0.496. The molecule has 0 spiro atoms. The lowest BCUT2D eigenvalue weighted by atomic mass is 9.68. The third kappa shape index (κ3) is 3.92. The number of carbonyl (C=O) groups is 2. The van der Waals surface area contributed by atoms with Crippen LogP contribution in [0, 0.1) is 5.92 Å². The SMILES string of the molecule is O=C(Nc1ccc(C2(C(=O)NCc3ccco3)CCCCC2)cc1)C1CC1. The summed E-state index contributed by atoms with van der Waals surface area (Å²) in [6.07, 6.45) is 8.57. The van der Waals surface area contributed by atoms with Crippen LogP contribution in [0.4, 0.5) is 5.69 Å². The maximum atomic E-state index is 13.2. The van der Waals surface area contributed by atoms with Crippen LogP contribution in [-0.4, -0.2) is 11.8 Å². The van der Waals surface area contributed by atoms with Crippen LogP contribution in [-0.2, 0) is 21.5 Å². The van der Waals surface area contributed by atoms with Crippen molar-refractivity contribution in [3.05, 3.63) is 54.0 Å². The molecule has 1 heterocycles. The number of rotatable bonds is 6. The Morgan fingerprint density at radius 3 is 2.41 bits per heavy atom. The monoisotopic (exact) mass is 366 g/mol. The molecule has 27 heavy (non-hydrogen) atoms. The number of furan rings is 1. The molecule has 5 heteroatoms. The first-order chi connectivity index (χ1) is 13.2. The van der Waals surface area contributed by atoms with Gasteiger partial charge in [-0.3, -0.25) is 9.59 Å². The number of hydrogen-bond acceptors (Lipinski definition) is 3. The smallest absolute Gasteiger partial charge is 0.231 e. The predicted molar refractivity (Wildman–Crippen MR) is 103 cm³/mol. The average molecular weight is 366 g/mol. The Morgan fingerprint density at radius 2 is 1.78 bits per heavy atom. The van der Waals surface area contributed by atoms with E-state index in [9.17, 15) is 9.59 Å². The highest BCUT2D eigenvalue weighted by Crippen LogP contribution is 2.40. The van der Waals surface area contributed by atoms with E-state index in [1.165, 1.54) is 6.42 Å². The molecule has 4 rings (SSSR count). The highest BCUT2D eigenvalue weighted by atomic mass is 16.3. The van der Waals surface area contributed by atoms with E-state index in [4.69, 9.17) is 4.42 Å². The van der Waals surface area contributed by atoms with Crippen LogP contribution in [0.25, 0.3) is 0 Å². The van der Waals surface area contributed by atoms with Gasteiger partial charge in [-0.05, 0) is 55.5 Å². The van der Waals surface area contributed by atoms with Gasteiger partial charge in [-0.25, -0.2) is 0 Å². The Kier molecular flexibility index (Phi) is 5.01. The van der Waals surface area contributed by atoms with Crippen molar-refractivity contribution in [1.82, 2.24) is 5.32 Å². The van der Waals surface area contributed by atoms with Crippen molar-refractivity contribution in [3.8, 4) is 0 Å². The van der Waals surface area contributed by atoms with Crippen molar-refractivity contribution in [2.75, 3.05) is 5.32 Å². The predicted octanol–water partition coefficient (Wildman–Crippen LogP) is 4.15. The fourth-order valence-corrected chi connectivity index (χ4v) is 4.01. The van der Waals surface area contributed by atoms with Gasteiger partial charge in [0.1, 0.15) is 5.76 Å². The Labute approximate surface area is 159 Å². The second-order valence-electron chi connectivity index (χ2n) is 7.75. The van der Waals surface area contributed by atoms with Gasteiger partial charge < -0.3 is 15.1 Å². The molecule has 2 saturated carbocycles. The first kappa shape index (κ1) is 17.8. The molecule has 2 aliphatic carbocycles. The zero-order chi connectivity index (χ0) is 18.7. The number of amides is 2. The number of carbonyl (C=O) groups excluding carboxylic acids is 2. The average Bonchev–Trinajstić information content (AvgIpc) is 3.43. The molecule has 0 bridgehead atoms. The summed E-state index contributed by atoms with van der Waals surface area (Å²) in [7, 11) is 0. The summed E-state index contributed by atoms with van der Waals surface area (Å²) in [6, 6.07) is 11.5. The molecule has 2 amide bonds. The highest BCUT2D eigenvalue weighted by Gasteiger charge is 2.41. The summed E-state index contributed by atoms with van der Waals surface area (Å²) in [5.74, 6) is 1.11. The van der Waals surface area contributed by atoms with Gasteiger partial charge in [0.05, 0.1) is 18.2 Å². The van der Waals surface area contributed by atoms with Crippen molar-refractivity contribution in [2.45, 2.75) is 56.9 Å². The van der Waals surface area contributed by atoms with Crippen molar-refractivity contribution < 1.29 is 14.0 Å². The van der Waals surface area contributed by atoms with Gasteiger partial charge in [0.15, 0.2) is 0 Å². The third-order valence-electron chi connectivity index (χ3n) is 5.80. The Morgan fingerprint density at radius 1 is 1.04 bits per heavy atom. The van der Waals surface area contributed by atoms with E-state index >= 15 is 0 Å². The van der Waals surface area contributed by atoms with Crippen LogP contribution in [0.5, 0.6) is 0 Å². The van der Waals surface area contributed by atoms with Gasteiger partial charge >= 0.3 is 0 Å². The largest absolute Gasteiger partial charge is 0.467 e. The van der Waals surface area contributed by atoms with Gasteiger partial charge in [0.2, 0.25) is 11.8 Å². The summed E-state index contributed by atoms with van der Waals surface area (Å²) in [4.78, 5) is 25.1. The van der Waals surface area contributed by atoms with Crippen molar-refractivity contribution in [1.29, 1.82) is 0 Å². The molecule has 0 atom stereocenters. The molecule has 0 aliphatic heterocycles. The van der Waals surface area contributed by atoms with Gasteiger partial charge in [0.25, 0.3) is 0 Å². The standard InChI is InChI=1S/C22H26N2O3/c25-20(16-6-7-16)24-18-10-8-17(9-11-18)22(12-2-1-3-13-22)21(26)23-15-19-5-4-14-27-19/h4-5,8-11,14,16H,1-3,6-7,12-13,15H2,(H,23,26)(H,24,25). The van der Waals surface area contributed by atoms with E-state index in [1.807, 2.05) is 36.4 Å². The summed E-state index contributed by atoms with van der Waals surface area (Å²) in [5, 5.41) is 6.03. The van der Waals surface area contributed by atoms with Gasteiger partial charge in [0, 0.05) is 11.6 Å². The molecule has 0 unspecified atom stereocenters. The molecule has 2 aliphatic rings. The number of anilines is 1.